The van der Waals surface area contributed by atoms with Gasteiger partial charge in [-0.2, -0.15) is 5.10 Å². The van der Waals surface area contributed by atoms with Crippen LogP contribution in [0.2, 0.25) is 0 Å². The van der Waals surface area contributed by atoms with Crippen LogP contribution in [0.5, 0.6) is 0 Å². The zero-order chi connectivity index (χ0) is 18.1. The molecule has 6 nitrogen and oxygen atoms in total. The smallest absolute Gasteiger partial charge is 0.271 e. The van der Waals surface area contributed by atoms with Gasteiger partial charge in [0.25, 0.3) is 11.5 Å². The summed E-state index contributed by atoms with van der Waals surface area (Å²) in [7, 11) is 2.18. The number of nitrogens with one attached hydrogen (secondary N) is 1. The highest BCUT2D eigenvalue weighted by Crippen LogP contribution is 2.21. The van der Waals surface area contributed by atoms with Crippen molar-refractivity contribution in [2.45, 2.75) is 70.9 Å². The summed E-state index contributed by atoms with van der Waals surface area (Å²) in [6, 6.07) is 3.64. The molecule has 0 spiro atoms. The molecule has 1 fully saturated rings. The second-order valence-electron chi connectivity index (χ2n) is 7.02. The van der Waals surface area contributed by atoms with E-state index in [1.54, 1.807) is 0 Å². The fraction of sp³-hybridized carbons (Fsp3) is 0.737. The van der Waals surface area contributed by atoms with Crippen LogP contribution in [0.4, 0.5) is 0 Å². The van der Waals surface area contributed by atoms with Gasteiger partial charge < -0.3 is 10.2 Å². The topological polar surface area (TPSA) is 67.2 Å². The highest BCUT2D eigenvalue weighted by Gasteiger charge is 2.17. The first-order chi connectivity index (χ1) is 12.1. The van der Waals surface area contributed by atoms with Gasteiger partial charge in [-0.25, -0.2) is 4.68 Å². The first kappa shape index (κ1) is 19.6. The molecule has 1 aromatic rings. The minimum atomic E-state index is -0.203. The fourth-order valence-electron chi connectivity index (χ4n) is 3.36. The molecule has 1 heterocycles. The van der Waals surface area contributed by atoms with Crippen molar-refractivity contribution in [3.05, 3.63) is 28.2 Å². The summed E-state index contributed by atoms with van der Waals surface area (Å²) in [4.78, 5) is 26.4. The second kappa shape index (κ2) is 10.3. The molecular weight excluding hydrogens is 316 g/mol. The normalized spacial score (nSPS) is 15.5. The van der Waals surface area contributed by atoms with Crippen LogP contribution in [-0.2, 0) is 6.54 Å². The highest BCUT2D eigenvalue weighted by molar-refractivity contribution is 5.91. The maximum absolute atomic E-state index is 12.2. The summed E-state index contributed by atoms with van der Waals surface area (Å²) in [5, 5.41) is 7.10. The predicted molar refractivity (Wildman–Crippen MR) is 99.9 cm³/mol. The first-order valence-corrected chi connectivity index (χ1v) is 9.68. The molecule has 0 aromatic carbocycles. The van der Waals surface area contributed by atoms with Crippen molar-refractivity contribution in [1.82, 2.24) is 20.0 Å². The summed E-state index contributed by atoms with van der Waals surface area (Å²) in [5.74, 6) is -0.203. The monoisotopic (exact) mass is 348 g/mol. The number of amides is 1. The second-order valence-corrected chi connectivity index (χ2v) is 7.02. The summed E-state index contributed by atoms with van der Waals surface area (Å²) < 4.78 is 1.38. The number of aryl methyl sites for hydroxylation is 1. The average molecular weight is 348 g/mol. The fourth-order valence-corrected chi connectivity index (χ4v) is 3.36. The van der Waals surface area contributed by atoms with Gasteiger partial charge in [-0.3, -0.25) is 9.59 Å². The van der Waals surface area contributed by atoms with E-state index in [4.69, 9.17) is 0 Å². The molecule has 0 bridgehead atoms. The quantitative estimate of drug-likeness (QED) is 0.696. The Kier molecular flexibility index (Phi) is 8.12. The van der Waals surface area contributed by atoms with Crippen LogP contribution in [-0.4, -0.2) is 46.8 Å². The number of hydrogen-bond acceptors (Lipinski definition) is 4. The maximum Gasteiger partial charge on any atom is 0.271 e. The van der Waals surface area contributed by atoms with Crippen molar-refractivity contribution in [2.75, 3.05) is 20.1 Å². The van der Waals surface area contributed by atoms with Crippen LogP contribution >= 0.6 is 0 Å². The van der Waals surface area contributed by atoms with E-state index in [2.05, 4.69) is 29.3 Å². The molecule has 140 valence electrons. The Balaban J connectivity index is 1.75. The summed E-state index contributed by atoms with van der Waals surface area (Å²) >= 11 is 0. The summed E-state index contributed by atoms with van der Waals surface area (Å²) in [6.07, 6.45) is 9.43. The third-order valence-corrected chi connectivity index (χ3v) is 4.99. The Bertz CT molecular complexity index is 593. The van der Waals surface area contributed by atoms with Crippen LogP contribution in [0.1, 0.15) is 68.8 Å². The number of nitrogens with zero attached hydrogens (tertiary/aromatic N) is 3. The van der Waals surface area contributed by atoms with Crippen molar-refractivity contribution in [2.24, 2.45) is 0 Å². The van der Waals surface area contributed by atoms with Crippen LogP contribution in [0.3, 0.4) is 0 Å². The van der Waals surface area contributed by atoms with Crippen molar-refractivity contribution < 1.29 is 4.79 Å². The first-order valence-electron chi connectivity index (χ1n) is 9.68. The molecule has 1 saturated carbocycles. The van der Waals surface area contributed by atoms with Gasteiger partial charge in [-0.15, -0.1) is 0 Å². The molecule has 1 aromatic heterocycles. The van der Waals surface area contributed by atoms with Gasteiger partial charge >= 0.3 is 0 Å². The number of hydrogen-bond donors (Lipinski definition) is 1. The van der Waals surface area contributed by atoms with Crippen LogP contribution in [0.25, 0.3) is 0 Å². The van der Waals surface area contributed by atoms with Gasteiger partial charge in [0.15, 0.2) is 0 Å². The minimum absolute atomic E-state index is 0.154. The molecule has 0 unspecified atom stereocenters. The van der Waals surface area contributed by atoms with Gasteiger partial charge in [0.05, 0.1) is 0 Å². The third kappa shape index (κ3) is 6.27. The van der Waals surface area contributed by atoms with Crippen LogP contribution < -0.4 is 10.9 Å². The lowest BCUT2D eigenvalue weighted by Gasteiger charge is -2.31. The molecule has 1 N–H and O–H groups in total. The minimum Gasteiger partial charge on any atom is -0.351 e. The van der Waals surface area contributed by atoms with E-state index < -0.39 is 0 Å². The SMILES string of the molecule is CCCCn1nc(C(=O)NCCCN(C)C2CCCCC2)ccc1=O. The third-order valence-electron chi connectivity index (χ3n) is 4.99. The molecule has 0 aliphatic heterocycles. The zero-order valence-electron chi connectivity index (χ0n) is 15.7. The molecule has 1 aliphatic carbocycles. The largest absolute Gasteiger partial charge is 0.351 e. The molecule has 0 radical (unpaired) electrons. The number of aromatic nitrogens is 2. The Hall–Kier alpha value is -1.69. The Morgan fingerprint density at radius 2 is 2.04 bits per heavy atom. The van der Waals surface area contributed by atoms with E-state index in [-0.39, 0.29) is 11.5 Å². The Morgan fingerprint density at radius 3 is 2.76 bits per heavy atom. The van der Waals surface area contributed by atoms with E-state index in [0.717, 1.165) is 25.8 Å². The van der Waals surface area contributed by atoms with E-state index >= 15 is 0 Å². The molecule has 25 heavy (non-hydrogen) atoms. The molecular formula is C19H32N4O2. The standard InChI is InChI=1S/C19H32N4O2/c1-3-4-15-23-18(24)12-11-17(21-23)19(25)20-13-8-14-22(2)16-9-6-5-7-10-16/h11-12,16H,3-10,13-15H2,1-2H3,(H,20,25). The van der Waals surface area contributed by atoms with Gasteiger partial charge in [-0.1, -0.05) is 32.6 Å². The van der Waals surface area contributed by atoms with E-state index in [9.17, 15) is 9.59 Å². The predicted octanol–water partition coefficient (Wildman–Crippen LogP) is 2.43. The molecule has 2 rings (SSSR count). The number of carbonyl (C=O) groups excluding carboxylic acids is 1. The summed E-state index contributed by atoms with van der Waals surface area (Å²) in [6.45, 7) is 4.24. The molecule has 6 heteroatoms. The average Bonchev–Trinajstić information content (AvgIpc) is 2.65. The Morgan fingerprint density at radius 1 is 1.28 bits per heavy atom. The van der Waals surface area contributed by atoms with Gasteiger partial charge in [0.1, 0.15) is 5.69 Å². The molecule has 0 atom stereocenters. The molecule has 1 aliphatic rings. The van der Waals surface area contributed by atoms with Crippen molar-refractivity contribution >= 4 is 5.91 Å². The van der Waals surface area contributed by atoms with Gasteiger partial charge in [-0.05, 0) is 45.3 Å². The van der Waals surface area contributed by atoms with Gasteiger partial charge in [0.2, 0.25) is 0 Å². The number of carbonyl (C=O) groups is 1. The lowest BCUT2D eigenvalue weighted by Crippen LogP contribution is -2.36. The van der Waals surface area contributed by atoms with Crippen LogP contribution in [0, 0.1) is 0 Å². The number of unbranched alkanes of at least 4 members (excludes halogenated alkanes) is 1. The van der Waals surface area contributed by atoms with Crippen molar-refractivity contribution in [3.63, 3.8) is 0 Å². The lowest BCUT2D eigenvalue weighted by atomic mass is 9.94. The van der Waals surface area contributed by atoms with E-state index in [1.807, 2.05) is 0 Å². The number of rotatable bonds is 9. The molecule has 1 amide bonds. The van der Waals surface area contributed by atoms with Crippen molar-refractivity contribution in [1.29, 1.82) is 0 Å². The van der Waals surface area contributed by atoms with E-state index in [1.165, 1.54) is 48.9 Å². The zero-order valence-corrected chi connectivity index (χ0v) is 15.7. The maximum atomic E-state index is 12.2. The highest BCUT2D eigenvalue weighted by atomic mass is 16.2. The summed E-state index contributed by atoms with van der Waals surface area (Å²) in [5.41, 5.74) is 0.162. The lowest BCUT2D eigenvalue weighted by molar-refractivity contribution is 0.0943. The van der Waals surface area contributed by atoms with E-state index in [0.29, 0.717) is 24.8 Å². The van der Waals surface area contributed by atoms with Crippen LogP contribution in [0.15, 0.2) is 16.9 Å². The van der Waals surface area contributed by atoms with Crippen molar-refractivity contribution in [3.8, 4) is 0 Å². The Labute approximate surface area is 150 Å². The molecule has 0 saturated heterocycles. The van der Waals surface area contributed by atoms with Gasteiger partial charge in [0, 0.05) is 25.2 Å².